The van der Waals surface area contributed by atoms with Crippen molar-refractivity contribution in [3.8, 4) is 0 Å². The van der Waals surface area contributed by atoms with E-state index in [2.05, 4.69) is 40.6 Å². The molecule has 0 saturated heterocycles. The SMILES string of the molecule is Cc1nsc(Nc2ncncc2Br)n1. The normalized spacial score (nSPS) is 10.1. The maximum Gasteiger partial charge on any atom is 0.208 e. The standard InChI is InChI=1S/C7H6BrN5S/c1-4-11-7(14-13-4)12-6-5(8)2-9-3-10-6/h2-3H,1H3,(H,9,10,11,12,13). The number of rotatable bonds is 2. The van der Waals surface area contributed by atoms with Crippen LogP contribution < -0.4 is 5.32 Å². The first-order valence-corrected chi connectivity index (χ1v) is 5.35. The summed E-state index contributed by atoms with van der Waals surface area (Å²) >= 11 is 4.63. The fourth-order valence-electron chi connectivity index (χ4n) is 0.854. The lowest BCUT2D eigenvalue weighted by atomic mass is 10.6. The molecule has 0 aromatic carbocycles. The van der Waals surface area contributed by atoms with Gasteiger partial charge in [-0.3, -0.25) is 0 Å². The fraction of sp³-hybridized carbons (Fsp3) is 0.143. The Kier molecular flexibility index (Phi) is 2.69. The molecule has 2 aromatic heterocycles. The van der Waals surface area contributed by atoms with Crippen LogP contribution in [0.5, 0.6) is 0 Å². The minimum absolute atomic E-state index is 0.691. The molecule has 1 N–H and O–H groups in total. The Morgan fingerprint density at radius 3 is 3.00 bits per heavy atom. The van der Waals surface area contributed by atoms with Gasteiger partial charge in [-0.05, 0) is 22.9 Å². The van der Waals surface area contributed by atoms with Gasteiger partial charge < -0.3 is 5.32 Å². The molecule has 5 nitrogen and oxygen atoms in total. The van der Waals surface area contributed by atoms with Crippen LogP contribution in [0.1, 0.15) is 5.82 Å². The third kappa shape index (κ3) is 2.05. The number of hydrogen-bond donors (Lipinski definition) is 1. The average molecular weight is 272 g/mol. The summed E-state index contributed by atoms with van der Waals surface area (Å²) in [7, 11) is 0. The lowest BCUT2D eigenvalue weighted by Gasteiger charge is -2.01. The van der Waals surface area contributed by atoms with Gasteiger partial charge in [0.1, 0.15) is 18.0 Å². The Hall–Kier alpha value is -1.08. The summed E-state index contributed by atoms with van der Waals surface area (Å²) in [6.45, 7) is 1.84. The Morgan fingerprint density at radius 2 is 2.36 bits per heavy atom. The van der Waals surface area contributed by atoms with Crippen molar-refractivity contribution in [2.45, 2.75) is 6.92 Å². The van der Waals surface area contributed by atoms with Crippen LogP contribution in [0.3, 0.4) is 0 Å². The molecule has 14 heavy (non-hydrogen) atoms. The van der Waals surface area contributed by atoms with E-state index >= 15 is 0 Å². The Balaban J connectivity index is 2.23. The molecule has 0 radical (unpaired) electrons. The zero-order valence-electron chi connectivity index (χ0n) is 7.23. The van der Waals surface area contributed by atoms with Gasteiger partial charge in [-0.2, -0.15) is 4.37 Å². The summed E-state index contributed by atoms with van der Waals surface area (Å²) in [4.78, 5) is 12.1. The fourth-order valence-corrected chi connectivity index (χ4v) is 1.75. The Bertz CT molecular complexity index is 443. The van der Waals surface area contributed by atoms with Gasteiger partial charge in [0.2, 0.25) is 5.13 Å². The third-order valence-electron chi connectivity index (χ3n) is 1.42. The van der Waals surface area contributed by atoms with Crippen LogP contribution in [0.2, 0.25) is 0 Å². The molecular weight excluding hydrogens is 266 g/mol. The zero-order chi connectivity index (χ0) is 9.97. The predicted molar refractivity (Wildman–Crippen MR) is 57.7 cm³/mol. The van der Waals surface area contributed by atoms with Crippen molar-refractivity contribution in [1.82, 2.24) is 19.3 Å². The van der Waals surface area contributed by atoms with Crippen molar-refractivity contribution < 1.29 is 0 Å². The second-order valence-corrected chi connectivity index (χ2v) is 4.10. The van der Waals surface area contributed by atoms with Crippen molar-refractivity contribution in [2.75, 3.05) is 5.32 Å². The first-order chi connectivity index (χ1) is 6.75. The van der Waals surface area contributed by atoms with Gasteiger partial charge in [-0.1, -0.05) is 0 Å². The summed E-state index contributed by atoms with van der Waals surface area (Å²) in [5, 5.41) is 3.76. The maximum absolute atomic E-state index is 4.16. The van der Waals surface area contributed by atoms with E-state index in [9.17, 15) is 0 Å². The smallest absolute Gasteiger partial charge is 0.208 e. The number of halogens is 1. The van der Waals surface area contributed by atoms with Gasteiger partial charge in [-0.25, -0.2) is 15.0 Å². The number of anilines is 2. The first kappa shape index (κ1) is 9.47. The van der Waals surface area contributed by atoms with Crippen LogP contribution in [0.4, 0.5) is 10.9 Å². The lowest BCUT2D eigenvalue weighted by molar-refractivity contribution is 1.13. The lowest BCUT2D eigenvalue weighted by Crippen LogP contribution is -1.94. The van der Waals surface area contributed by atoms with Crippen molar-refractivity contribution in [1.29, 1.82) is 0 Å². The molecule has 0 spiro atoms. The van der Waals surface area contributed by atoms with E-state index in [0.717, 1.165) is 15.4 Å². The topological polar surface area (TPSA) is 63.6 Å². The molecule has 0 amide bonds. The first-order valence-electron chi connectivity index (χ1n) is 3.78. The third-order valence-corrected chi connectivity index (χ3v) is 2.72. The molecule has 0 unspecified atom stereocenters. The molecule has 2 aromatic rings. The Labute approximate surface area is 92.9 Å². The number of aryl methyl sites for hydroxylation is 1. The molecule has 0 aliphatic heterocycles. The van der Waals surface area contributed by atoms with E-state index in [1.54, 1.807) is 6.20 Å². The van der Waals surface area contributed by atoms with Crippen LogP contribution in [-0.2, 0) is 0 Å². The summed E-state index contributed by atoms with van der Waals surface area (Å²) in [6, 6.07) is 0. The second kappa shape index (κ2) is 3.97. The Morgan fingerprint density at radius 1 is 1.50 bits per heavy atom. The van der Waals surface area contributed by atoms with E-state index < -0.39 is 0 Å². The molecular formula is C7H6BrN5S. The van der Waals surface area contributed by atoms with Gasteiger partial charge in [0, 0.05) is 17.7 Å². The summed E-state index contributed by atoms with van der Waals surface area (Å²) in [5.41, 5.74) is 0. The van der Waals surface area contributed by atoms with E-state index in [1.165, 1.54) is 17.9 Å². The molecule has 0 fully saturated rings. The molecule has 0 saturated carbocycles. The van der Waals surface area contributed by atoms with Gasteiger partial charge in [0.05, 0.1) is 4.47 Å². The quantitative estimate of drug-likeness (QED) is 0.907. The number of nitrogens with zero attached hydrogens (tertiary/aromatic N) is 4. The van der Waals surface area contributed by atoms with Crippen LogP contribution in [0.25, 0.3) is 0 Å². The average Bonchev–Trinajstić information content (AvgIpc) is 2.56. The molecule has 0 bridgehead atoms. The molecule has 0 aliphatic rings. The summed E-state index contributed by atoms with van der Waals surface area (Å²) in [6.07, 6.45) is 3.14. The van der Waals surface area contributed by atoms with Gasteiger partial charge in [0.15, 0.2) is 0 Å². The maximum atomic E-state index is 4.16. The monoisotopic (exact) mass is 271 g/mol. The van der Waals surface area contributed by atoms with Crippen LogP contribution in [0.15, 0.2) is 17.0 Å². The van der Waals surface area contributed by atoms with Crippen molar-refractivity contribution >= 4 is 38.4 Å². The number of nitrogens with one attached hydrogen (secondary N) is 1. The van der Waals surface area contributed by atoms with E-state index in [0.29, 0.717) is 5.82 Å². The minimum atomic E-state index is 0.691. The highest BCUT2D eigenvalue weighted by Crippen LogP contribution is 2.22. The molecule has 2 rings (SSSR count). The van der Waals surface area contributed by atoms with Gasteiger partial charge >= 0.3 is 0 Å². The van der Waals surface area contributed by atoms with Crippen molar-refractivity contribution in [2.24, 2.45) is 0 Å². The van der Waals surface area contributed by atoms with Crippen molar-refractivity contribution in [3.05, 3.63) is 22.8 Å². The van der Waals surface area contributed by atoms with Crippen molar-refractivity contribution in [3.63, 3.8) is 0 Å². The van der Waals surface area contributed by atoms with Gasteiger partial charge in [0.25, 0.3) is 0 Å². The second-order valence-electron chi connectivity index (χ2n) is 2.49. The molecule has 0 atom stereocenters. The zero-order valence-corrected chi connectivity index (χ0v) is 9.63. The van der Waals surface area contributed by atoms with E-state index in [1.807, 2.05) is 6.92 Å². The predicted octanol–water partition coefficient (Wildman–Crippen LogP) is 2.14. The molecule has 2 heterocycles. The highest BCUT2D eigenvalue weighted by molar-refractivity contribution is 9.10. The molecule has 72 valence electrons. The molecule has 7 heteroatoms. The number of aromatic nitrogens is 4. The molecule has 0 aliphatic carbocycles. The summed E-state index contributed by atoms with van der Waals surface area (Å²) in [5.74, 6) is 1.44. The van der Waals surface area contributed by atoms with E-state index in [-0.39, 0.29) is 0 Å². The highest BCUT2D eigenvalue weighted by atomic mass is 79.9. The van der Waals surface area contributed by atoms with E-state index in [4.69, 9.17) is 0 Å². The minimum Gasteiger partial charge on any atom is -0.314 e. The van der Waals surface area contributed by atoms with Crippen LogP contribution in [0, 0.1) is 6.92 Å². The van der Waals surface area contributed by atoms with Crippen LogP contribution >= 0.6 is 27.5 Å². The van der Waals surface area contributed by atoms with Gasteiger partial charge in [-0.15, -0.1) is 0 Å². The van der Waals surface area contributed by atoms with Crippen LogP contribution in [-0.4, -0.2) is 19.3 Å². The highest BCUT2D eigenvalue weighted by Gasteiger charge is 2.04. The largest absolute Gasteiger partial charge is 0.314 e. The summed E-state index contributed by atoms with van der Waals surface area (Å²) < 4.78 is 4.85. The number of hydrogen-bond acceptors (Lipinski definition) is 6.